The van der Waals surface area contributed by atoms with E-state index in [1.54, 1.807) is 29.1 Å². The molecule has 29 heavy (non-hydrogen) atoms. The Morgan fingerprint density at radius 2 is 1.69 bits per heavy atom. The van der Waals surface area contributed by atoms with Crippen LogP contribution in [-0.4, -0.2) is 21.9 Å². The van der Waals surface area contributed by atoms with Crippen LogP contribution in [0, 0.1) is 0 Å². The van der Waals surface area contributed by atoms with Gasteiger partial charge in [0.15, 0.2) is 0 Å². The number of halogens is 1. The first-order valence-corrected chi connectivity index (χ1v) is 9.79. The molecule has 1 aromatic heterocycles. The van der Waals surface area contributed by atoms with E-state index in [1.807, 2.05) is 72.9 Å². The second-order valence-electron chi connectivity index (χ2n) is 6.29. The molecule has 4 rings (SSSR count). The summed E-state index contributed by atoms with van der Waals surface area (Å²) in [6, 6.07) is 26.9. The van der Waals surface area contributed by atoms with E-state index in [2.05, 4.69) is 26.5 Å². The number of nitrogens with one attached hydrogen (secondary N) is 1. The normalized spacial score (nSPS) is 10.9. The topological polar surface area (TPSA) is 59.3 Å². The summed E-state index contributed by atoms with van der Waals surface area (Å²) in [6.07, 6.45) is 3.51. The Morgan fingerprint density at radius 3 is 2.41 bits per heavy atom. The lowest BCUT2D eigenvalue weighted by molar-refractivity contribution is 0.0955. The van der Waals surface area contributed by atoms with E-state index >= 15 is 0 Å². The predicted molar refractivity (Wildman–Crippen MR) is 118 cm³/mol. The zero-order valence-corrected chi connectivity index (χ0v) is 17.0. The van der Waals surface area contributed by atoms with Crippen LogP contribution in [0.1, 0.15) is 15.9 Å². The van der Waals surface area contributed by atoms with Crippen LogP contribution < -0.4 is 5.43 Å². The Morgan fingerprint density at radius 1 is 0.966 bits per heavy atom. The van der Waals surface area contributed by atoms with E-state index in [0.717, 1.165) is 27.0 Å². The summed E-state index contributed by atoms with van der Waals surface area (Å²) >= 11 is 3.37. The maximum absolute atomic E-state index is 12.3. The minimum Gasteiger partial charge on any atom is -0.267 e. The van der Waals surface area contributed by atoms with Gasteiger partial charge in [-0.25, -0.2) is 10.1 Å². The van der Waals surface area contributed by atoms with Crippen LogP contribution in [0.3, 0.4) is 0 Å². The first-order valence-electron chi connectivity index (χ1n) is 9.00. The maximum Gasteiger partial charge on any atom is 0.271 e. The number of carbonyl (C=O) groups is 1. The highest BCUT2D eigenvalue weighted by Gasteiger charge is 2.11. The lowest BCUT2D eigenvalue weighted by atomic mass is 10.1. The molecular weight excluding hydrogens is 428 g/mol. The average molecular weight is 445 g/mol. The van der Waals surface area contributed by atoms with Gasteiger partial charge in [0.05, 0.1) is 11.9 Å². The predicted octanol–water partition coefficient (Wildman–Crippen LogP) is 5.07. The molecule has 0 aliphatic rings. The molecule has 0 fully saturated rings. The monoisotopic (exact) mass is 444 g/mol. The zero-order chi connectivity index (χ0) is 20.1. The average Bonchev–Trinajstić information content (AvgIpc) is 3.19. The molecule has 0 spiro atoms. The molecule has 0 atom stereocenters. The Kier molecular flexibility index (Phi) is 5.63. The van der Waals surface area contributed by atoms with Crippen LogP contribution in [0.2, 0.25) is 0 Å². The Balaban J connectivity index is 1.62. The number of para-hydroxylation sites is 1. The summed E-state index contributed by atoms with van der Waals surface area (Å²) in [5.41, 5.74) is 6.61. The number of carbonyl (C=O) groups excluding carboxylic acids is 1. The fourth-order valence-corrected chi connectivity index (χ4v) is 3.27. The number of nitrogens with zero attached hydrogens (tertiary/aromatic N) is 3. The summed E-state index contributed by atoms with van der Waals surface area (Å²) in [4.78, 5) is 12.3. The third kappa shape index (κ3) is 4.50. The van der Waals surface area contributed by atoms with Crippen molar-refractivity contribution in [3.8, 4) is 16.9 Å². The molecule has 0 saturated heterocycles. The molecule has 0 aliphatic carbocycles. The number of amides is 1. The SMILES string of the molecule is O=C(NN=Cc1cn(-c2ccccc2)nc1-c1ccccc1)c1cccc(Br)c1. The third-order valence-electron chi connectivity index (χ3n) is 4.27. The second-order valence-corrected chi connectivity index (χ2v) is 7.20. The van der Waals surface area contributed by atoms with Gasteiger partial charge >= 0.3 is 0 Å². The number of hydrazone groups is 1. The fraction of sp³-hybridized carbons (Fsp3) is 0. The van der Waals surface area contributed by atoms with Crippen molar-refractivity contribution < 1.29 is 4.79 Å². The molecule has 0 unspecified atom stereocenters. The van der Waals surface area contributed by atoms with E-state index in [-0.39, 0.29) is 5.91 Å². The summed E-state index contributed by atoms with van der Waals surface area (Å²) < 4.78 is 2.64. The molecule has 6 heteroatoms. The van der Waals surface area contributed by atoms with E-state index in [9.17, 15) is 4.79 Å². The third-order valence-corrected chi connectivity index (χ3v) is 4.76. The number of benzene rings is 3. The van der Waals surface area contributed by atoms with Crippen molar-refractivity contribution >= 4 is 28.1 Å². The number of aromatic nitrogens is 2. The maximum atomic E-state index is 12.3. The Hall–Kier alpha value is -3.51. The lowest BCUT2D eigenvalue weighted by Gasteiger charge is -2.01. The molecule has 142 valence electrons. The largest absolute Gasteiger partial charge is 0.271 e. The number of hydrogen-bond donors (Lipinski definition) is 1. The van der Waals surface area contributed by atoms with Gasteiger partial charge in [0.25, 0.3) is 5.91 Å². The van der Waals surface area contributed by atoms with Crippen molar-refractivity contribution in [1.82, 2.24) is 15.2 Å². The molecule has 5 nitrogen and oxygen atoms in total. The van der Waals surface area contributed by atoms with Crippen molar-refractivity contribution in [2.45, 2.75) is 0 Å². The summed E-state index contributed by atoms with van der Waals surface area (Å²) in [7, 11) is 0. The van der Waals surface area contributed by atoms with Crippen LogP contribution >= 0.6 is 15.9 Å². The Bertz CT molecular complexity index is 1150. The molecular formula is C23H17BrN4O. The van der Waals surface area contributed by atoms with Gasteiger partial charge in [0, 0.05) is 27.4 Å². The van der Waals surface area contributed by atoms with Crippen molar-refractivity contribution in [2.24, 2.45) is 5.10 Å². The van der Waals surface area contributed by atoms with Gasteiger partial charge in [-0.2, -0.15) is 10.2 Å². The van der Waals surface area contributed by atoms with E-state index in [0.29, 0.717) is 5.56 Å². The van der Waals surface area contributed by atoms with E-state index in [4.69, 9.17) is 5.10 Å². The van der Waals surface area contributed by atoms with Gasteiger partial charge in [0.1, 0.15) is 5.69 Å². The minimum atomic E-state index is -0.278. The highest BCUT2D eigenvalue weighted by atomic mass is 79.9. The molecule has 4 aromatic rings. The summed E-state index contributed by atoms with van der Waals surface area (Å²) in [5, 5.41) is 8.87. The smallest absolute Gasteiger partial charge is 0.267 e. The van der Waals surface area contributed by atoms with Crippen LogP contribution in [0.4, 0.5) is 0 Å². The van der Waals surface area contributed by atoms with Crippen molar-refractivity contribution in [3.63, 3.8) is 0 Å². The first kappa shape index (κ1) is 18.8. The zero-order valence-electron chi connectivity index (χ0n) is 15.4. The molecule has 1 heterocycles. The van der Waals surface area contributed by atoms with Crippen molar-refractivity contribution in [2.75, 3.05) is 0 Å². The van der Waals surface area contributed by atoms with Gasteiger partial charge in [-0.15, -0.1) is 0 Å². The number of rotatable bonds is 5. The van der Waals surface area contributed by atoms with Gasteiger partial charge in [0.2, 0.25) is 0 Å². The highest BCUT2D eigenvalue weighted by molar-refractivity contribution is 9.10. The Labute approximate surface area is 176 Å². The minimum absolute atomic E-state index is 0.278. The quantitative estimate of drug-likeness (QED) is 0.345. The van der Waals surface area contributed by atoms with Gasteiger partial charge in [-0.3, -0.25) is 4.79 Å². The standard InChI is InChI=1S/C23H17BrN4O/c24-20-11-7-10-18(14-20)23(29)26-25-15-19-16-28(21-12-5-2-6-13-21)27-22(19)17-8-3-1-4-9-17/h1-16H,(H,26,29). The lowest BCUT2D eigenvalue weighted by Crippen LogP contribution is -2.17. The van der Waals surface area contributed by atoms with E-state index < -0.39 is 0 Å². The van der Waals surface area contributed by atoms with Crippen LogP contribution in [0.15, 0.2) is 101 Å². The highest BCUT2D eigenvalue weighted by Crippen LogP contribution is 2.22. The van der Waals surface area contributed by atoms with E-state index in [1.165, 1.54) is 0 Å². The molecule has 0 bridgehead atoms. The molecule has 0 radical (unpaired) electrons. The van der Waals surface area contributed by atoms with Crippen LogP contribution in [0.5, 0.6) is 0 Å². The summed E-state index contributed by atoms with van der Waals surface area (Å²) in [6.45, 7) is 0. The van der Waals surface area contributed by atoms with Gasteiger partial charge in [-0.05, 0) is 30.3 Å². The molecule has 3 aromatic carbocycles. The van der Waals surface area contributed by atoms with Crippen molar-refractivity contribution in [1.29, 1.82) is 0 Å². The molecule has 1 N–H and O–H groups in total. The van der Waals surface area contributed by atoms with Crippen LogP contribution in [0.25, 0.3) is 16.9 Å². The molecule has 1 amide bonds. The van der Waals surface area contributed by atoms with Gasteiger partial charge in [-0.1, -0.05) is 70.5 Å². The second kappa shape index (κ2) is 8.67. The molecule has 0 aliphatic heterocycles. The van der Waals surface area contributed by atoms with Crippen molar-refractivity contribution in [3.05, 3.63) is 107 Å². The first-order chi connectivity index (χ1) is 14.2. The molecule has 0 saturated carbocycles. The summed E-state index contributed by atoms with van der Waals surface area (Å²) in [5.74, 6) is -0.278. The van der Waals surface area contributed by atoms with Gasteiger partial charge < -0.3 is 0 Å². The number of hydrogen-bond acceptors (Lipinski definition) is 3. The van der Waals surface area contributed by atoms with Crippen LogP contribution in [-0.2, 0) is 0 Å². The fourth-order valence-electron chi connectivity index (χ4n) is 2.87.